The number of rotatable bonds is 13. The summed E-state index contributed by atoms with van der Waals surface area (Å²) in [5.41, 5.74) is 0. The van der Waals surface area contributed by atoms with Crippen molar-refractivity contribution in [1.82, 2.24) is 0 Å². The maximum Gasteiger partial charge on any atom is 0.0431 e. The molecule has 0 bridgehead atoms. The quantitative estimate of drug-likeness (QED) is 0.345. The van der Waals surface area contributed by atoms with E-state index in [0.717, 1.165) is 6.42 Å². The highest BCUT2D eigenvalue weighted by atomic mass is 16.2. The summed E-state index contributed by atoms with van der Waals surface area (Å²) in [6, 6.07) is 0. The van der Waals surface area contributed by atoms with Gasteiger partial charge >= 0.3 is 0 Å². The first kappa shape index (κ1) is 16.7. The van der Waals surface area contributed by atoms with Crippen molar-refractivity contribution in [3.63, 3.8) is 0 Å². The van der Waals surface area contributed by atoms with E-state index in [1.54, 1.807) is 0 Å². The molecule has 0 aliphatic carbocycles. The van der Waals surface area contributed by atoms with Crippen molar-refractivity contribution >= 4 is 0 Å². The highest BCUT2D eigenvalue weighted by Gasteiger charge is 1.89. The van der Waals surface area contributed by atoms with E-state index in [1.807, 2.05) is 0 Å². The van der Waals surface area contributed by atoms with Crippen LogP contribution in [0.25, 0.3) is 0 Å². The first-order chi connectivity index (χ1) is 8.41. The van der Waals surface area contributed by atoms with Gasteiger partial charge in [0.15, 0.2) is 0 Å². The first-order valence-corrected chi connectivity index (χ1v) is 7.67. The van der Waals surface area contributed by atoms with E-state index >= 15 is 0 Å². The lowest BCUT2D eigenvalue weighted by Gasteiger charge is -1.98. The van der Waals surface area contributed by atoms with Gasteiger partial charge in [-0.2, -0.15) is 0 Å². The largest absolute Gasteiger partial charge is 0.396 e. The van der Waals surface area contributed by atoms with E-state index in [1.165, 1.54) is 70.6 Å². The van der Waals surface area contributed by atoms with Crippen LogP contribution < -0.4 is 0 Å². The predicted molar refractivity (Wildman–Crippen MR) is 77.3 cm³/mol. The Morgan fingerprint density at radius 1 is 0.647 bits per heavy atom. The van der Waals surface area contributed by atoms with Crippen molar-refractivity contribution in [3.05, 3.63) is 12.2 Å². The molecule has 0 radical (unpaired) electrons. The van der Waals surface area contributed by atoms with E-state index < -0.39 is 0 Å². The second-order valence-electron chi connectivity index (χ2n) is 4.95. The summed E-state index contributed by atoms with van der Waals surface area (Å²) in [6.45, 7) is 2.62. The Morgan fingerprint density at radius 3 is 1.65 bits per heavy atom. The molecule has 1 heteroatoms. The monoisotopic (exact) mass is 240 g/mol. The van der Waals surface area contributed by atoms with Crippen LogP contribution in [0.3, 0.4) is 0 Å². The summed E-state index contributed by atoms with van der Waals surface area (Å²) in [5, 5.41) is 8.63. The van der Waals surface area contributed by atoms with Crippen LogP contribution in [0.2, 0.25) is 0 Å². The third kappa shape index (κ3) is 15.7. The number of allylic oxidation sites excluding steroid dienone is 2. The van der Waals surface area contributed by atoms with E-state index in [0.29, 0.717) is 6.61 Å². The zero-order chi connectivity index (χ0) is 12.6. The Morgan fingerprint density at radius 2 is 1.12 bits per heavy atom. The Bertz CT molecular complexity index is 152. The highest BCUT2D eigenvalue weighted by molar-refractivity contribution is 4.81. The van der Waals surface area contributed by atoms with Crippen LogP contribution in [-0.4, -0.2) is 11.7 Å². The van der Waals surface area contributed by atoms with Crippen molar-refractivity contribution < 1.29 is 5.11 Å². The number of aliphatic hydroxyl groups is 1. The number of hydrogen-bond acceptors (Lipinski definition) is 1. The molecule has 0 aliphatic rings. The molecule has 0 aromatic rings. The van der Waals surface area contributed by atoms with Gasteiger partial charge in [-0.3, -0.25) is 0 Å². The SMILES string of the molecule is CCCCCC/C=C\CCCCCCCCO. The molecule has 0 aromatic carbocycles. The van der Waals surface area contributed by atoms with Crippen LogP contribution in [-0.2, 0) is 0 Å². The van der Waals surface area contributed by atoms with E-state index in [-0.39, 0.29) is 0 Å². The minimum Gasteiger partial charge on any atom is -0.396 e. The fraction of sp³-hybridized carbons (Fsp3) is 0.875. The van der Waals surface area contributed by atoms with Gasteiger partial charge in [0.1, 0.15) is 0 Å². The van der Waals surface area contributed by atoms with Crippen molar-refractivity contribution in [3.8, 4) is 0 Å². The smallest absolute Gasteiger partial charge is 0.0431 e. The summed E-state index contributed by atoms with van der Waals surface area (Å²) < 4.78 is 0. The lowest BCUT2D eigenvalue weighted by Crippen LogP contribution is -1.83. The molecule has 0 unspecified atom stereocenters. The molecular weight excluding hydrogens is 208 g/mol. The van der Waals surface area contributed by atoms with Gasteiger partial charge in [0.05, 0.1) is 0 Å². The number of aliphatic hydroxyl groups excluding tert-OH is 1. The zero-order valence-electron chi connectivity index (χ0n) is 11.8. The number of unbranched alkanes of at least 4 members (excludes halogenated alkanes) is 10. The Labute approximate surface area is 108 Å². The average molecular weight is 240 g/mol. The van der Waals surface area contributed by atoms with E-state index in [4.69, 9.17) is 5.11 Å². The molecule has 0 saturated heterocycles. The fourth-order valence-electron chi connectivity index (χ4n) is 2.01. The lowest BCUT2D eigenvalue weighted by molar-refractivity contribution is 0.282. The molecule has 0 aliphatic heterocycles. The molecule has 0 fully saturated rings. The second-order valence-corrected chi connectivity index (χ2v) is 4.95. The van der Waals surface area contributed by atoms with Gasteiger partial charge in [0.25, 0.3) is 0 Å². The minimum absolute atomic E-state index is 0.362. The third-order valence-corrected chi connectivity index (χ3v) is 3.17. The Kier molecular flexibility index (Phi) is 15.4. The summed E-state index contributed by atoms with van der Waals surface area (Å²) in [5.74, 6) is 0. The second kappa shape index (κ2) is 15.7. The van der Waals surface area contributed by atoms with Crippen LogP contribution in [0.4, 0.5) is 0 Å². The summed E-state index contributed by atoms with van der Waals surface area (Å²) >= 11 is 0. The molecule has 0 heterocycles. The molecule has 0 rings (SSSR count). The molecule has 0 aromatic heterocycles. The lowest BCUT2D eigenvalue weighted by atomic mass is 10.1. The maximum absolute atomic E-state index is 8.63. The van der Waals surface area contributed by atoms with Gasteiger partial charge < -0.3 is 5.11 Å². The van der Waals surface area contributed by atoms with Gasteiger partial charge in [0, 0.05) is 6.61 Å². The number of hydrogen-bond donors (Lipinski definition) is 1. The Balaban J connectivity index is 2.99. The van der Waals surface area contributed by atoms with Gasteiger partial charge in [-0.15, -0.1) is 0 Å². The van der Waals surface area contributed by atoms with Crippen LogP contribution in [0, 0.1) is 0 Å². The molecule has 1 N–H and O–H groups in total. The van der Waals surface area contributed by atoms with Crippen molar-refractivity contribution in [1.29, 1.82) is 0 Å². The standard InChI is InChI=1S/C16H32O/c1-2-3-4-5-6-7-8-9-10-11-12-13-14-15-16-17/h7-8,17H,2-6,9-16H2,1H3/b8-7-. The third-order valence-electron chi connectivity index (χ3n) is 3.17. The first-order valence-electron chi connectivity index (χ1n) is 7.67. The topological polar surface area (TPSA) is 20.2 Å². The molecule has 1 nitrogen and oxygen atoms in total. The molecular formula is C16H32O. The van der Waals surface area contributed by atoms with Crippen LogP contribution in [0.5, 0.6) is 0 Å². The minimum atomic E-state index is 0.362. The van der Waals surface area contributed by atoms with Crippen molar-refractivity contribution in [2.75, 3.05) is 6.61 Å². The molecule has 17 heavy (non-hydrogen) atoms. The molecule has 102 valence electrons. The summed E-state index contributed by atoms with van der Waals surface area (Å²) in [6.07, 6.45) is 20.2. The van der Waals surface area contributed by atoms with Crippen molar-refractivity contribution in [2.24, 2.45) is 0 Å². The normalized spacial score (nSPS) is 11.4. The summed E-state index contributed by atoms with van der Waals surface area (Å²) in [4.78, 5) is 0. The van der Waals surface area contributed by atoms with Crippen LogP contribution in [0.1, 0.15) is 84.0 Å². The molecule has 0 saturated carbocycles. The predicted octanol–water partition coefficient (Wildman–Crippen LogP) is 5.24. The molecule has 0 atom stereocenters. The van der Waals surface area contributed by atoms with Gasteiger partial charge in [-0.05, 0) is 32.1 Å². The van der Waals surface area contributed by atoms with Crippen LogP contribution >= 0.6 is 0 Å². The fourth-order valence-corrected chi connectivity index (χ4v) is 2.01. The highest BCUT2D eigenvalue weighted by Crippen LogP contribution is 2.08. The summed E-state index contributed by atoms with van der Waals surface area (Å²) in [7, 11) is 0. The average Bonchev–Trinajstić information content (AvgIpc) is 2.35. The van der Waals surface area contributed by atoms with Gasteiger partial charge in [-0.25, -0.2) is 0 Å². The zero-order valence-corrected chi connectivity index (χ0v) is 11.8. The Hall–Kier alpha value is -0.300. The van der Waals surface area contributed by atoms with Gasteiger partial charge in [-0.1, -0.05) is 64.0 Å². The van der Waals surface area contributed by atoms with E-state index in [2.05, 4.69) is 19.1 Å². The van der Waals surface area contributed by atoms with Crippen LogP contribution in [0.15, 0.2) is 12.2 Å². The van der Waals surface area contributed by atoms with E-state index in [9.17, 15) is 0 Å². The maximum atomic E-state index is 8.63. The molecule has 0 spiro atoms. The van der Waals surface area contributed by atoms with Gasteiger partial charge in [0.2, 0.25) is 0 Å². The van der Waals surface area contributed by atoms with Crippen molar-refractivity contribution in [2.45, 2.75) is 84.0 Å². The molecule has 0 amide bonds.